The van der Waals surface area contributed by atoms with Crippen LogP contribution in [0.15, 0.2) is 76.8 Å². The Kier molecular flexibility index (Phi) is 5.12. The normalized spacial score (nSPS) is 10.9. The van der Waals surface area contributed by atoms with Crippen LogP contribution in [0.4, 0.5) is 0 Å². The molecule has 0 amide bonds. The summed E-state index contributed by atoms with van der Waals surface area (Å²) < 4.78 is 7.17. The van der Waals surface area contributed by atoms with E-state index in [1.165, 1.54) is 11.8 Å². The first-order chi connectivity index (χ1) is 13.7. The maximum absolute atomic E-state index is 13.4. The van der Waals surface area contributed by atoms with Gasteiger partial charge >= 0.3 is 0 Å². The molecule has 2 aromatic carbocycles. The van der Waals surface area contributed by atoms with Crippen LogP contribution in [-0.2, 0) is 5.75 Å². The number of fused-ring (bicyclic) bond motifs is 1. The van der Waals surface area contributed by atoms with Gasteiger partial charge in [-0.05, 0) is 48.9 Å². The third-order valence-electron chi connectivity index (χ3n) is 4.40. The number of pyridine rings is 1. The van der Waals surface area contributed by atoms with Crippen LogP contribution >= 0.6 is 11.8 Å². The average molecular weight is 389 g/mol. The number of thioether (sulfide) groups is 1. The van der Waals surface area contributed by atoms with Crippen LogP contribution in [0.2, 0.25) is 0 Å². The monoisotopic (exact) mass is 389 g/mol. The number of methoxy groups -OCH3 is 1. The predicted molar refractivity (Wildman–Crippen MR) is 112 cm³/mol. The number of benzene rings is 2. The highest BCUT2D eigenvalue weighted by atomic mass is 32.2. The molecule has 5 nitrogen and oxygen atoms in total. The van der Waals surface area contributed by atoms with Crippen LogP contribution in [0.5, 0.6) is 5.75 Å². The van der Waals surface area contributed by atoms with E-state index < -0.39 is 0 Å². The van der Waals surface area contributed by atoms with Crippen molar-refractivity contribution in [2.24, 2.45) is 0 Å². The molecule has 0 aliphatic carbocycles. The van der Waals surface area contributed by atoms with E-state index in [1.807, 2.05) is 61.5 Å². The molecule has 0 unspecified atom stereocenters. The molecule has 0 spiro atoms. The van der Waals surface area contributed by atoms with Gasteiger partial charge in [-0.2, -0.15) is 0 Å². The molecule has 0 aliphatic rings. The highest BCUT2D eigenvalue weighted by Crippen LogP contribution is 2.29. The van der Waals surface area contributed by atoms with E-state index in [4.69, 9.17) is 9.72 Å². The summed E-state index contributed by atoms with van der Waals surface area (Å²) in [5.41, 5.74) is 3.22. The van der Waals surface area contributed by atoms with Gasteiger partial charge in [-0.15, -0.1) is 0 Å². The van der Waals surface area contributed by atoms with Crippen LogP contribution < -0.4 is 10.3 Å². The molecule has 0 saturated carbocycles. The van der Waals surface area contributed by atoms with E-state index >= 15 is 0 Å². The van der Waals surface area contributed by atoms with Gasteiger partial charge in [0.15, 0.2) is 5.16 Å². The molecule has 0 aliphatic heterocycles. The highest BCUT2D eigenvalue weighted by Gasteiger charge is 2.17. The Labute approximate surface area is 167 Å². The van der Waals surface area contributed by atoms with Crippen LogP contribution in [-0.4, -0.2) is 21.6 Å². The van der Waals surface area contributed by atoms with Crippen molar-refractivity contribution in [3.05, 3.63) is 88.5 Å². The average Bonchev–Trinajstić information content (AvgIpc) is 2.73. The lowest BCUT2D eigenvalue weighted by molar-refractivity contribution is 0.411. The lowest BCUT2D eigenvalue weighted by Crippen LogP contribution is -2.22. The van der Waals surface area contributed by atoms with Crippen molar-refractivity contribution >= 4 is 22.7 Å². The maximum Gasteiger partial charge on any atom is 0.266 e. The lowest BCUT2D eigenvalue weighted by atomic mass is 10.2. The number of aromatic nitrogens is 3. The largest absolute Gasteiger partial charge is 0.495 e. The van der Waals surface area contributed by atoms with Crippen molar-refractivity contribution in [2.45, 2.75) is 17.8 Å². The zero-order valence-corrected chi connectivity index (χ0v) is 16.4. The number of aryl methyl sites for hydroxylation is 1. The summed E-state index contributed by atoms with van der Waals surface area (Å²) in [6, 6.07) is 19.0. The Morgan fingerprint density at radius 3 is 2.68 bits per heavy atom. The summed E-state index contributed by atoms with van der Waals surface area (Å²) in [5, 5.41) is 1.19. The zero-order valence-electron chi connectivity index (χ0n) is 15.6. The minimum Gasteiger partial charge on any atom is -0.495 e. The van der Waals surface area contributed by atoms with Crippen molar-refractivity contribution in [2.75, 3.05) is 7.11 Å². The molecule has 0 radical (unpaired) electrons. The maximum atomic E-state index is 13.4. The fourth-order valence-electron chi connectivity index (χ4n) is 3.02. The fourth-order valence-corrected chi connectivity index (χ4v) is 3.94. The first kappa shape index (κ1) is 18.3. The van der Waals surface area contributed by atoms with Crippen molar-refractivity contribution in [3.63, 3.8) is 0 Å². The molecular weight excluding hydrogens is 370 g/mol. The van der Waals surface area contributed by atoms with E-state index in [0.29, 0.717) is 33.2 Å². The minimum atomic E-state index is -0.113. The Morgan fingerprint density at radius 1 is 1.07 bits per heavy atom. The SMILES string of the molecule is COc1ccc(C)cc1-n1c(SCc2ccccn2)nc2ccccc2c1=O. The molecule has 0 N–H and O–H groups in total. The van der Waals surface area contributed by atoms with Gasteiger partial charge in [-0.3, -0.25) is 14.3 Å². The van der Waals surface area contributed by atoms with Crippen LogP contribution in [0.3, 0.4) is 0 Å². The Hall–Kier alpha value is -3.12. The number of para-hydroxylation sites is 1. The summed E-state index contributed by atoms with van der Waals surface area (Å²) in [5.74, 6) is 1.24. The van der Waals surface area contributed by atoms with Gasteiger partial charge in [0, 0.05) is 11.9 Å². The molecule has 28 heavy (non-hydrogen) atoms. The second kappa shape index (κ2) is 7.86. The molecule has 0 saturated heterocycles. The van der Waals surface area contributed by atoms with Gasteiger partial charge in [0.25, 0.3) is 5.56 Å². The first-order valence-corrected chi connectivity index (χ1v) is 9.85. The molecule has 140 valence electrons. The van der Waals surface area contributed by atoms with Crippen LogP contribution in [0.25, 0.3) is 16.6 Å². The van der Waals surface area contributed by atoms with Crippen molar-refractivity contribution in [1.29, 1.82) is 0 Å². The summed E-state index contributed by atoms with van der Waals surface area (Å²) in [6.45, 7) is 1.99. The van der Waals surface area contributed by atoms with E-state index in [0.717, 1.165) is 11.3 Å². The smallest absolute Gasteiger partial charge is 0.266 e. The molecular formula is C22H19N3O2S. The Balaban J connectivity index is 1.91. The van der Waals surface area contributed by atoms with Gasteiger partial charge < -0.3 is 4.74 Å². The standard InChI is InChI=1S/C22H19N3O2S/c1-15-10-11-20(27-2)19(13-15)25-21(26)17-8-3-4-9-18(17)24-22(25)28-14-16-7-5-6-12-23-16/h3-13H,14H2,1-2H3. The minimum absolute atomic E-state index is 0.113. The lowest BCUT2D eigenvalue weighted by Gasteiger charge is -2.16. The quantitative estimate of drug-likeness (QED) is 0.374. The molecule has 2 aromatic heterocycles. The van der Waals surface area contributed by atoms with E-state index in [1.54, 1.807) is 23.9 Å². The highest BCUT2D eigenvalue weighted by molar-refractivity contribution is 7.98. The number of hydrogen-bond acceptors (Lipinski definition) is 5. The fraction of sp³-hybridized carbons (Fsp3) is 0.136. The third kappa shape index (κ3) is 3.51. The van der Waals surface area contributed by atoms with Crippen molar-refractivity contribution < 1.29 is 4.74 Å². The molecule has 4 aromatic rings. The van der Waals surface area contributed by atoms with E-state index in [-0.39, 0.29) is 5.56 Å². The van der Waals surface area contributed by atoms with Gasteiger partial charge in [-0.25, -0.2) is 4.98 Å². The summed E-state index contributed by atoms with van der Waals surface area (Å²) in [6.07, 6.45) is 1.76. The van der Waals surface area contributed by atoms with Crippen LogP contribution in [0.1, 0.15) is 11.3 Å². The van der Waals surface area contributed by atoms with Gasteiger partial charge in [-0.1, -0.05) is 36.0 Å². The van der Waals surface area contributed by atoms with Crippen LogP contribution in [0, 0.1) is 6.92 Å². The molecule has 0 atom stereocenters. The number of hydrogen-bond donors (Lipinski definition) is 0. The van der Waals surface area contributed by atoms with E-state index in [9.17, 15) is 4.79 Å². The second-order valence-electron chi connectivity index (χ2n) is 6.34. The van der Waals surface area contributed by atoms with Gasteiger partial charge in [0.1, 0.15) is 5.75 Å². The molecule has 6 heteroatoms. The molecule has 0 fully saturated rings. The number of rotatable bonds is 5. The van der Waals surface area contributed by atoms with Gasteiger partial charge in [0.2, 0.25) is 0 Å². The van der Waals surface area contributed by atoms with Crippen molar-refractivity contribution in [1.82, 2.24) is 14.5 Å². The zero-order chi connectivity index (χ0) is 19.5. The first-order valence-electron chi connectivity index (χ1n) is 8.87. The predicted octanol–water partition coefficient (Wildman–Crippen LogP) is 4.39. The summed E-state index contributed by atoms with van der Waals surface area (Å²) >= 11 is 1.48. The topological polar surface area (TPSA) is 57.0 Å². The molecule has 2 heterocycles. The Bertz CT molecular complexity index is 1190. The number of nitrogens with zero attached hydrogens (tertiary/aromatic N) is 3. The number of ether oxygens (including phenoxy) is 1. The summed E-state index contributed by atoms with van der Waals surface area (Å²) in [7, 11) is 1.61. The molecule has 0 bridgehead atoms. The van der Waals surface area contributed by atoms with Gasteiger partial charge in [0.05, 0.1) is 29.4 Å². The summed E-state index contributed by atoms with van der Waals surface area (Å²) in [4.78, 5) is 22.5. The molecule has 4 rings (SSSR count). The second-order valence-corrected chi connectivity index (χ2v) is 7.28. The Morgan fingerprint density at radius 2 is 1.89 bits per heavy atom. The van der Waals surface area contributed by atoms with Crippen molar-refractivity contribution in [3.8, 4) is 11.4 Å². The van der Waals surface area contributed by atoms with E-state index in [2.05, 4.69) is 4.98 Å². The third-order valence-corrected chi connectivity index (χ3v) is 5.37.